The van der Waals surface area contributed by atoms with Gasteiger partial charge in [0.2, 0.25) is 0 Å². The third kappa shape index (κ3) is 2.93. The van der Waals surface area contributed by atoms with Crippen molar-refractivity contribution < 1.29 is 17.9 Å². The van der Waals surface area contributed by atoms with Crippen LogP contribution in [0.5, 0.6) is 5.75 Å². The van der Waals surface area contributed by atoms with Gasteiger partial charge in [0, 0.05) is 18.3 Å². The third-order valence-electron chi connectivity index (χ3n) is 4.12. The number of benzene rings is 1. The van der Waals surface area contributed by atoms with Crippen LogP contribution in [0.15, 0.2) is 24.3 Å². The van der Waals surface area contributed by atoms with Crippen LogP contribution in [0, 0.1) is 0 Å². The van der Waals surface area contributed by atoms with Gasteiger partial charge in [-0.15, -0.1) is 0 Å². The fourth-order valence-corrected chi connectivity index (χ4v) is 4.88. The fraction of sp³-hybridized carbons (Fsp3) is 0.600. The average molecular weight is 313 g/mol. The number of hydrogen-bond acceptors (Lipinski definition) is 5. The van der Waals surface area contributed by atoms with Gasteiger partial charge in [-0.05, 0) is 24.6 Å². The van der Waals surface area contributed by atoms with Crippen molar-refractivity contribution in [1.29, 1.82) is 0 Å². The van der Waals surface area contributed by atoms with Gasteiger partial charge in [-0.2, -0.15) is 0 Å². The molecule has 1 fully saturated rings. The van der Waals surface area contributed by atoms with E-state index in [9.17, 15) is 8.42 Å². The number of nitrogens with two attached hydrogens (primary N) is 1. The second-order valence-corrected chi connectivity index (χ2v) is 7.78. The van der Waals surface area contributed by atoms with Crippen LogP contribution in [0.25, 0.3) is 0 Å². The van der Waals surface area contributed by atoms with Gasteiger partial charge in [0.1, 0.15) is 5.75 Å². The number of ether oxygens (including phenoxy) is 2. The van der Waals surface area contributed by atoms with E-state index in [1.807, 2.05) is 31.2 Å². The van der Waals surface area contributed by atoms with E-state index in [1.165, 1.54) is 0 Å². The molecule has 0 heterocycles. The number of methoxy groups -OCH3 is 1. The van der Waals surface area contributed by atoms with Crippen LogP contribution >= 0.6 is 0 Å². The highest BCUT2D eigenvalue weighted by molar-refractivity contribution is 7.92. The van der Waals surface area contributed by atoms with Crippen molar-refractivity contribution in [2.75, 3.05) is 26.1 Å². The minimum absolute atomic E-state index is 0.0927. The smallest absolute Gasteiger partial charge is 0.155 e. The molecule has 0 bridgehead atoms. The largest absolute Gasteiger partial charge is 0.497 e. The van der Waals surface area contributed by atoms with Crippen molar-refractivity contribution in [3.05, 3.63) is 29.8 Å². The molecule has 21 heavy (non-hydrogen) atoms. The summed E-state index contributed by atoms with van der Waals surface area (Å²) in [7, 11) is -1.62. The lowest BCUT2D eigenvalue weighted by Gasteiger charge is -2.12. The Balaban J connectivity index is 2.30. The van der Waals surface area contributed by atoms with Crippen LogP contribution in [-0.2, 0) is 14.6 Å². The Morgan fingerprint density at radius 1 is 1.24 bits per heavy atom. The molecule has 1 aromatic carbocycles. The standard InChI is InChI=1S/C15H23NO4S/c1-4-20-10-15(16)13(14(15)21(17,18)5-2)11-6-8-12(19-3)9-7-11/h6-9,13-14H,4-5,10,16H2,1-3H3/t13-,14-,15-/m0/s1. The van der Waals surface area contributed by atoms with E-state index < -0.39 is 20.6 Å². The zero-order valence-corrected chi connectivity index (χ0v) is 13.5. The monoisotopic (exact) mass is 313 g/mol. The Kier molecular flexibility index (Phi) is 4.60. The van der Waals surface area contributed by atoms with Crippen molar-refractivity contribution in [1.82, 2.24) is 0 Å². The lowest BCUT2D eigenvalue weighted by Crippen LogP contribution is -2.36. The number of hydrogen-bond donors (Lipinski definition) is 1. The molecule has 0 amide bonds. The lowest BCUT2D eigenvalue weighted by molar-refractivity contribution is 0.125. The molecule has 118 valence electrons. The summed E-state index contributed by atoms with van der Waals surface area (Å²) in [5, 5.41) is -0.574. The fourth-order valence-electron chi connectivity index (χ4n) is 2.89. The molecule has 2 N–H and O–H groups in total. The van der Waals surface area contributed by atoms with Gasteiger partial charge in [-0.25, -0.2) is 8.42 Å². The summed E-state index contributed by atoms with van der Waals surface area (Å²) in [6, 6.07) is 7.40. The van der Waals surface area contributed by atoms with E-state index in [-0.39, 0.29) is 18.3 Å². The molecular formula is C15H23NO4S. The predicted molar refractivity (Wildman–Crippen MR) is 82.4 cm³/mol. The first kappa shape index (κ1) is 16.3. The van der Waals surface area contributed by atoms with E-state index in [0.717, 1.165) is 11.3 Å². The Bertz CT molecular complexity index is 584. The van der Waals surface area contributed by atoms with Crippen molar-refractivity contribution in [2.45, 2.75) is 30.6 Å². The minimum atomic E-state index is -3.21. The first-order valence-corrected chi connectivity index (χ1v) is 8.84. The topological polar surface area (TPSA) is 78.6 Å². The summed E-state index contributed by atoms with van der Waals surface area (Å²) >= 11 is 0. The van der Waals surface area contributed by atoms with Gasteiger partial charge >= 0.3 is 0 Å². The third-order valence-corrected chi connectivity index (χ3v) is 6.41. The Morgan fingerprint density at radius 3 is 2.33 bits per heavy atom. The highest BCUT2D eigenvalue weighted by atomic mass is 32.2. The molecule has 0 radical (unpaired) electrons. The molecule has 1 aliphatic rings. The van der Waals surface area contributed by atoms with E-state index >= 15 is 0 Å². The molecule has 0 saturated heterocycles. The van der Waals surface area contributed by atoms with Gasteiger partial charge in [0.15, 0.2) is 9.84 Å². The number of rotatable bonds is 7. The molecule has 6 heteroatoms. The summed E-state index contributed by atoms with van der Waals surface area (Å²) in [5.41, 5.74) is 6.43. The summed E-state index contributed by atoms with van der Waals surface area (Å²) in [5.74, 6) is 0.608. The summed E-state index contributed by atoms with van der Waals surface area (Å²) in [4.78, 5) is 0. The molecule has 1 saturated carbocycles. The van der Waals surface area contributed by atoms with Crippen LogP contribution in [0.4, 0.5) is 0 Å². The molecule has 0 spiro atoms. The van der Waals surface area contributed by atoms with Crippen LogP contribution in [0.3, 0.4) is 0 Å². The summed E-state index contributed by atoms with van der Waals surface area (Å²) in [6.07, 6.45) is 0. The lowest BCUT2D eigenvalue weighted by atomic mass is 10.1. The van der Waals surface area contributed by atoms with Crippen LogP contribution in [0.1, 0.15) is 25.3 Å². The van der Waals surface area contributed by atoms with Gasteiger partial charge in [-0.3, -0.25) is 0 Å². The maximum absolute atomic E-state index is 12.3. The molecule has 3 atom stereocenters. The molecule has 0 unspecified atom stereocenters. The average Bonchev–Trinajstić information content (AvgIpc) is 3.12. The number of sulfone groups is 1. The molecule has 1 aliphatic carbocycles. The normalized spacial score (nSPS) is 28.4. The first-order valence-electron chi connectivity index (χ1n) is 7.12. The van der Waals surface area contributed by atoms with E-state index in [0.29, 0.717) is 6.61 Å². The second-order valence-electron chi connectivity index (χ2n) is 5.37. The molecular weight excluding hydrogens is 290 g/mol. The maximum Gasteiger partial charge on any atom is 0.155 e. The van der Waals surface area contributed by atoms with Crippen LogP contribution in [0.2, 0.25) is 0 Å². The Hall–Kier alpha value is -1.11. The van der Waals surface area contributed by atoms with Gasteiger partial charge in [-0.1, -0.05) is 19.1 Å². The zero-order valence-electron chi connectivity index (χ0n) is 12.7. The quantitative estimate of drug-likeness (QED) is 0.821. The summed E-state index contributed by atoms with van der Waals surface area (Å²) < 4.78 is 35.1. The minimum Gasteiger partial charge on any atom is -0.497 e. The van der Waals surface area contributed by atoms with Crippen molar-refractivity contribution in [2.24, 2.45) is 5.73 Å². The highest BCUT2D eigenvalue weighted by Gasteiger charge is 2.68. The highest BCUT2D eigenvalue weighted by Crippen LogP contribution is 2.54. The zero-order chi connectivity index (χ0) is 15.7. The molecule has 2 rings (SSSR count). The first-order chi connectivity index (χ1) is 9.90. The van der Waals surface area contributed by atoms with Crippen molar-refractivity contribution >= 4 is 9.84 Å². The van der Waals surface area contributed by atoms with Crippen LogP contribution < -0.4 is 10.5 Å². The Labute approximate surface area is 126 Å². The van der Waals surface area contributed by atoms with E-state index in [1.54, 1.807) is 14.0 Å². The molecule has 0 aliphatic heterocycles. The predicted octanol–water partition coefficient (Wildman–Crippen LogP) is 1.33. The second kappa shape index (κ2) is 5.94. The molecule has 5 nitrogen and oxygen atoms in total. The van der Waals surface area contributed by atoms with Gasteiger partial charge in [0.05, 0.1) is 24.5 Å². The molecule has 1 aromatic rings. The van der Waals surface area contributed by atoms with Crippen molar-refractivity contribution in [3.8, 4) is 5.75 Å². The van der Waals surface area contributed by atoms with Gasteiger partial charge in [0.25, 0.3) is 0 Å². The molecule has 0 aromatic heterocycles. The van der Waals surface area contributed by atoms with E-state index in [4.69, 9.17) is 15.2 Å². The van der Waals surface area contributed by atoms with Gasteiger partial charge < -0.3 is 15.2 Å². The van der Waals surface area contributed by atoms with Crippen LogP contribution in [-0.4, -0.2) is 45.3 Å². The summed E-state index contributed by atoms with van der Waals surface area (Å²) in [6.45, 7) is 4.30. The SMILES string of the molecule is CCOC[C@]1(N)[C@@H](c2ccc(OC)cc2)[C@@H]1S(=O)(=O)CC. The Morgan fingerprint density at radius 2 is 1.86 bits per heavy atom. The maximum atomic E-state index is 12.3. The van der Waals surface area contributed by atoms with E-state index in [2.05, 4.69) is 0 Å². The van der Waals surface area contributed by atoms with Crippen molar-refractivity contribution in [3.63, 3.8) is 0 Å².